The standard InChI is InChI=1S/C9H10N2O3/c10-8(12)7(14-9(11)13)6-4-2-1-3-5-6/h1-5,7H,(H2,10,12)(H2,11,13). The van der Waals surface area contributed by atoms with Crippen molar-refractivity contribution in [2.75, 3.05) is 0 Å². The van der Waals surface area contributed by atoms with Crippen LogP contribution in [0.2, 0.25) is 0 Å². The summed E-state index contributed by atoms with van der Waals surface area (Å²) in [5.74, 6) is -0.755. The molecule has 0 bridgehead atoms. The van der Waals surface area contributed by atoms with Crippen molar-refractivity contribution in [1.29, 1.82) is 0 Å². The SMILES string of the molecule is NC(=O)OC(C(N)=O)c1ccccc1. The van der Waals surface area contributed by atoms with Gasteiger partial charge in [0.05, 0.1) is 0 Å². The van der Waals surface area contributed by atoms with Gasteiger partial charge in [0.1, 0.15) is 0 Å². The second kappa shape index (κ2) is 4.27. The summed E-state index contributed by atoms with van der Waals surface area (Å²) in [5, 5.41) is 0. The van der Waals surface area contributed by atoms with E-state index in [4.69, 9.17) is 11.5 Å². The van der Waals surface area contributed by atoms with Gasteiger partial charge in [-0.25, -0.2) is 4.79 Å². The van der Waals surface area contributed by atoms with Crippen LogP contribution in [0.25, 0.3) is 0 Å². The van der Waals surface area contributed by atoms with Gasteiger partial charge in [-0.1, -0.05) is 30.3 Å². The van der Waals surface area contributed by atoms with E-state index >= 15 is 0 Å². The summed E-state index contributed by atoms with van der Waals surface area (Å²) in [4.78, 5) is 21.4. The molecule has 0 aromatic heterocycles. The van der Waals surface area contributed by atoms with Crippen LogP contribution in [0.4, 0.5) is 4.79 Å². The van der Waals surface area contributed by atoms with Crippen molar-refractivity contribution in [2.45, 2.75) is 6.10 Å². The van der Waals surface area contributed by atoms with E-state index in [0.29, 0.717) is 5.56 Å². The monoisotopic (exact) mass is 194 g/mol. The number of carbonyl (C=O) groups is 2. The van der Waals surface area contributed by atoms with E-state index < -0.39 is 18.1 Å². The summed E-state index contributed by atoms with van der Waals surface area (Å²) in [6, 6.07) is 8.42. The van der Waals surface area contributed by atoms with E-state index in [1.165, 1.54) is 0 Å². The Hall–Kier alpha value is -2.04. The van der Waals surface area contributed by atoms with Gasteiger partial charge < -0.3 is 16.2 Å². The van der Waals surface area contributed by atoms with Gasteiger partial charge in [-0.05, 0) is 0 Å². The molecule has 14 heavy (non-hydrogen) atoms. The molecule has 0 fully saturated rings. The molecule has 5 heteroatoms. The maximum Gasteiger partial charge on any atom is 0.405 e. The molecule has 1 aromatic carbocycles. The predicted molar refractivity (Wildman–Crippen MR) is 49.0 cm³/mol. The zero-order valence-corrected chi connectivity index (χ0v) is 7.34. The molecule has 1 rings (SSSR count). The Balaban J connectivity index is 2.89. The number of carbonyl (C=O) groups excluding carboxylic acids is 2. The van der Waals surface area contributed by atoms with Crippen LogP contribution in [-0.4, -0.2) is 12.0 Å². The Morgan fingerprint density at radius 3 is 2.14 bits per heavy atom. The third-order valence-corrected chi connectivity index (χ3v) is 1.59. The van der Waals surface area contributed by atoms with Crippen LogP contribution in [0.15, 0.2) is 30.3 Å². The highest BCUT2D eigenvalue weighted by atomic mass is 16.6. The van der Waals surface area contributed by atoms with Gasteiger partial charge in [0.2, 0.25) is 6.10 Å². The Morgan fingerprint density at radius 1 is 1.14 bits per heavy atom. The van der Waals surface area contributed by atoms with Crippen molar-refractivity contribution >= 4 is 12.0 Å². The van der Waals surface area contributed by atoms with Crippen LogP contribution in [0.5, 0.6) is 0 Å². The van der Waals surface area contributed by atoms with Gasteiger partial charge in [0.15, 0.2) is 0 Å². The number of hydrogen-bond acceptors (Lipinski definition) is 3. The molecule has 0 heterocycles. The highest BCUT2D eigenvalue weighted by molar-refractivity contribution is 5.82. The normalized spacial score (nSPS) is 11.7. The molecule has 0 radical (unpaired) electrons. The molecule has 0 saturated heterocycles. The lowest BCUT2D eigenvalue weighted by Crippen LogP contribution is -2.28. The van der Waals surface area contributed by atoms with Crippen LogP contribution in [0, 0.1) is 0 Å². The molecule has 1 unspecified atom stereocenters. The second-order valence-electron chi connectivity index (χ2n) is 2.63. The van der Waals surface area contributed by atoms with Crippen molar-refractivity contribution < 1.29 is 14.3 Å². The van der Waals surface area contributed by atoms with Crippen molar-refractivity contribution in [1.82, 2.24) is 0 Å². The average Bonchev–Trinajstić information content (AvgIpc) is 2.15. The Labute approximate surface area is 80.6 Å². The molecule has 2 amide bonds. The van der Waals surface area contributed by atoms with Gasteiger partial charge in [0, 0.05) is 5.56 Å². The first-order chi connectivity index (χ1) is 6.61. The van der Waals surface area contributed by atoms with Crippen LogP contribution in [-0.2, 0) is 9.53 Å². The molecule has 0 aliphatic heterocycles. The summed E-state index contributed by atoms with van der Waals surface area (Å²) in [6.07, 6.45) is -2.15. The van der Waals surface area contributed by atoms with Gasteiger partial charge in [-0.2, -0.15) is 0 Å². The molecule has 74 valence electrons. The first kappa shape index (κ1) is 10.0. The molecule has 5 nitrogen and oxygen atoms in total. The zero-order chi connectivity index (χ0) is 10.6. The van der Waals surface area contributed by atoms with Gasteiger partial charge >= 0.3 is 6.09 Å². The van der Waals surface area contributed by atoms with Gasteiger partial charge in [-0.3, -0.25) is 4.79 Å². The fourth-order valence-electron chi connectivity index (χ4n) is 1.03. The molecule has 1 atom stereocenters. The molecule has 0 saturated carbocycles. The van der Waals surface area contributed by atoms with Crippen molar-refractivity contribution in [3.05, 3.63) is 35.9 Å². The van der Waals surface area contributed by atoms with Gasteiger partial charge in [-0.15, -0.1) is 0 Å². The van der Waals surface area contributed by atoms with Crippen LogP contribution >= 0.6 is 0 Å². The molecule has 0 spiro atoms. The summed E-state index contributed by atoms with van der Waals surface area (Å²) in [5.41, 5.74) is 10.3. The van der Waals surface area contributed by atoms with E-state index in [2.05, 4.69) is 4.74 Å². The number of amides is 2. The summed E-state index contributed by atoms with van der Waals surface area (Å²) < 4.78 is 4.56. The minimum atomic E-state index is -1.12. The molecule has 0 aliphatic rings. The molecule has 4 N–H and O–H groups in total. The number of ether oxygens (including phenoxy) is 1. The van der Waals surface area contributed by atoms with Crippen molar-refractivity contribution in [3.8, 4) is 0 Å². The highest BCUT2D eigenvalue weighted by Gasteiger charge is 2.20. The van der Waals surface area contributed by atoms with E-state index in [0.717, 1.165) is 0 Å². The first-order valence-electron chi connectivity index (χ1n) is 3.91. The third kappa shape index (κ3) is 2.48. The fourth-order valence-corrected chi connectivity index (χ4v) is 1.03. The second-order valence-corrected chi connectivity index (χ2v) is 2.63. The summed E-state index contributed by atoms with van der Waals surface area (Å²) in [7, 11) is 0. The number of primary amides is 2. The van der Waals surface area contributed by atoms with E-state index in [1.807, 2.05) is 0 Å². The Bertz CT molecular complexity index is 337. The largest absolute Gasteiger partial charge is 0.431 e. The van der Waals surface area contributed by atoms with Crippen molar-refractivity contribution in [3.63, 3.8) is 0 Å². The number of nitrogens with two attached hydrogens (primary N) is 2. The first-order valence-corrected chi connectivity index (χ1v) is 3.91. The average molecular weight is 194 g/mol. The minimum absolute atomic E-state index is 0.499. The van der Waals surface area contributed by atoms with Crippen molar-refractivity contribution in [2.24, 2.45) is 11.5 Å². The topological polar surface area (TPSA) is 95.4 Å². The number of rotatable bonds is 3. The molecule has 0 aliphatic carbocycles. The van der Waals surface area contributed by atoms with E-state index in [9.17, 15) is 9.59 Å². The summed E-state index contributed by atoms with van der Waals surface area (Å²) >= 11 is 0. The molecular weight excluding hydrogens is 184 g/mol. The maximum atomic E-state index is 10.9. The lowest BCUT2D eigenvalue weighted by Gasteiger charge is -2.12. The minimum Gasteiger partial charge on any atom is -0.431 e. The smallest absolute Gasteiger partial charge is 0.405 e. The fraction of sp³-hybridized carbons (Fsp3) is 0.111. The van der Waals surface area contributed by atoms with E-state index in [1.54, 1.807) is 30.3 Å². The van der Waals surface area contributed by atoms with Crippen LogP contribution in [0.1, 0.15) is 11.7 Å². The van der Waals surface area contributed by atoms with Gasteiger partial charge in [0.25, 0.3) is 5.91 Å². The Morgan fingerprint density at radius 2 is 1.71 bits per heavy atom. The number of hydrogen-bond donors (Lipinski definition) is 2. The Kier molecular flexibility index (Phi) is 3.06. The third-order valence-electron chi connectivity index (χ3n) is 1.59. The summed E-state index contributed by atoms with van der Waals surface area (Å²) in [6.45, 7) is 0. The lowest BCUT2D eigenvalue weighted by molar-refractivity contribution is -0.126. The lowest BCUT2D eigenvalue weighted by atomic mass is 10.1. The molecular formula is C9H10N2O3. The number of benzene rings is 1. The highest BCUT2D eigenvalue weighted by Crippen LogP contribution is 2.15. The predicted octanol–water partition coefficient (Wildman–Crippen LogP) is 0.308. The zero-order valence-electron chi connectivity index (χ0n) is 7.34. The quantitative estimate of drug-likeness (QED) is 0.724. The van der Waals surface area contributed by atoms with Crippen LogP contribution < -0.4 is 11.5 Å². The van der Waals surface area contributed by atoms with E-state index in [-0.39, 0.29) is 0 Å². The molecule has 1 aromatic rings. The maximum absolute atomic E-state index is 10.9. The van der Waals surface area contributed by atoms with Crippen LogP contribution in [0.3, 0.4) is 0 Å².